The van der Waals surface area contributed by atoms with Crippen LogP contribution in [-0.2, 0) is 14.3 Å². The Hall–Kier alpha value is -1.68. The van der Waals surface area contributed by atoms with Crippen molar-refractivity contribution in [1.29, 1.82) is 0 Å². The van der Waals surface area contributed by atoms with Crippen LogP contribution in [0, 0.1) is 5.92 Å². The first-order valence-electron chi connectivity index (χ1n) is 9.08. The van der Waals surface area contributed by atoms with Crippen molar-refractivity contribution in [2.75, 3.05) is 0 Å². The number of ketones is 1. The van der Waals surface area contributed by atoms with E-state index >= 15 is 0 Å². The summed E-state index contributed by atoms with van der Waals surface area (Å²) in [7, 11) is 0. The molecule has 1 unspecified atom stereocenters. The van der Waals surface area contributed by atoms with Crippen LogP contribution in [0.5, 0.6) is 0 Å². The minimum Gasteiger partial charge on any atom is -0.481 e. The van der Waals surface area contributed by atoms with E-state index in [-0.39, 0.29) is 30.3 Å². The Morgan fingerprint density at radius 1 is 1.29 bits per heavy atom. The summed E-state index contributed by atoms with van der Waals surface area (Å²) in [5.74, 6) is -0.533. The molecule has 1 saturated heterocycles. The standard InChI is InChI=1S/C20H28O4/c1-2-3-4-5-6-7-9-15-12-13-17(21)16(15)14-19-18(24-19)10-8-11-20(22)23/h6-7,12-15,18-19H,2-5,8-11H2,1H3,(H,22,23)/b7-6-,16-14+/t15?,18-,19-/m1/s1. The molecule has 1 aliphatic carbocycles. The van der Waals surface area contributed by atoms with Gasteiger partial charge in [-0.2, -0.15) is 0 Å². The highest BCUT2D eigenvalue weighted by Crippen LogP contribution is 2.33. The van der Waals surface area contributed by atoms with Crippen molar-refractivity contribution in [1.82, 2.24) is 0 Å². The van der Waals surface area contributed by atoms with E-state index in [1.165, 1.54) is 19.3 Å². The Morgan fingerprint density at radius 3 is 2.88 bits per heavy atom. The molecule has 1 N–H and O–H groups in total. The van der Waals surface area contributed by atoms with Gasteiger partial charge in [-0.1, -0.05) is 38.0 Å². The molecule has 1 heterocycles. The van der Waals surface area contributed by atoms with Crippen molar-refractivity contribution in [3.63, 3.8) is 0 Å². The van der Waals surface area contributed by atoms with Gasteiger partial charge in [0.2, 0.25) is 0 Å². The van der Waals surface area contributed by atoms with Gasteiger partial charge in [0, 0.05) is 17.9 Å². The van der Waals surface area contributed by atoms with Crippen LogP contribution >= 0.6 is 0 Å². The van der Waals surface area contributed by atoms with Crippen LogP contribution < -0.4 is 0 Å². The Kier molecular flexibility index (Phi) is 7.44. The topological polar surface area (TPSA) is 66.9 Å². The molecule has 0 aromatic carbocycles. The molecule has 0 amide bonds. The molecular formula is C20H28O4. The van der Waals surface area contributed by atoms with E-state index in [1.807, 2.05) is 12.2 Å². The minimum absolute atomic E-state index is 0.0197. The second-order valence-electron chi connectivity index (χ2n) is 6.58. The second kappa shape index (κ2) is 9.58. The normalized spacial score (nSPS) is 27.5. The summed E-state index contributed by atoms with van der Waals surface area (Å²) in [5, 5.41) is 8.65. The Labute approximate surface area is 144 Å². The fraction of sp³-hybridized carbons (Fsp3) is 0.600. The first-order valence-corrected chi connectivity index (χ1v) is 9.08. The smallest absolute Gasteiger partial charge is 0.303 e. The summed E-state index contributed by atoms with van der Waals surface area (Å²) in [6.07, 6.45) is 17.3. The number of allylic oxidation sites excluding steroid dienone is 5. The number of carbonyl (C=O) groups is 2. The van der Waals surface area contributed by atoms with Crippen molar-refractivity contribution >= 4 is 11.8 Å². The highest BCUT2D eigenvalue weighted by molar-refractivity contribution is 6.07. The number of carboxylic acid groups (broad SMARTS) is 1. The maximum Gasteiger partial charge on any atom is 0.303 e. The maximum atomic E-state index is 12.0. The molecule has 0 aromatic rings. The highest BCUT2D eigenvalue weighted by Gasteiger charge is 2.38. The van der Waals surface area contributed by atoms with Gasteiger partial charge < -0.3 is 9.84 Å². The monoisotopic (exact) mass is 332 g/mol. The number of aliphatic carboxylic acids is 1. The fourth-order valence-corrected chi connectivity index (χ4v) is 3.04. The van der Waals surface area contributed by atoms with E-state index < -0.39 is 5.97 Å². The fourth-order valence-electron chi connectivity index (χ4n) is 3.04. The van der Waals surface area contributed by atoms with Gasteiger partial charge in [0.05, 0.1) is 6.10 Å². The summed E-state index contributed by atoms with van der Waals surface area (Å²) in [6, 6.07) is 0. The predicted octanol–water partition coefficient (Wildman–Crippen LogP) is 4.22. The number of hydrogen-bond donors (Lipinski definition) is 1. The minimum atomic E-state index is -0.772. The molecule has 0 aromatic heterocycles. The zero-order chi connectivity index (χ0) is 17.4. The lowest BCUT2D eigenvalue weighted by Crippen LogP contribution is -2.05. The summed E-state index contributed by atoms with van der Waals surface area (Å²) < 4.78 is 5.56. The third kappa shape index (κ3) is 6.08. The number of epoxide rings is 1. The molecule has 1 fully saturated rings. The van der Waals surface area contributed by atoms with E-state index in [0.717, 1.165) is 24.8 Å². The quantitative estimate of drug-likeness (QED) is 0.266. The Morgan fingerprint density at radius 2 is 2.12 bits per heavy atom. The second-order valence-corrected chi connectivity index (χ2v) is 6.58. The zero-order valence-electron chi connectivity index (χ0n) is 14.4. The van der Waals surface area contributed by atoms with Crippen molar-refractivity contribution < 1.29 is 19.4 Å². The first-order chi connectivity index (χ1) is 11.6. The van der Waals surface area contributed by atoms with Gasteiger partial charge in [-0.25, -0.2) is 0 Å². The lowest BCUT2D eigenvalue weighted by Gasteiger charge is -2.06. The average molecular weight is 332 g/mol. The highest BCUT2D eigenvalue weighted by atomic mass is 16.6. The predicted molar refractivity (Wildman–Crippen MR) is 93.8 cm³/mol. The molecule has 2 aliphatic rings. The van der Waals surface area contributed by atoms with Gasteiger partial charge in [0.1, 0.15) is 6.10 Å². The maximum absolute atomic E-state index is 12.0. The first kappa shape index (κ1) is 18.7. The number of unbranched alkanes of at least 4 members (excludes halogenated alkanes) is 3. The van der Waals surface area contributed by atoms with Crippen LogP contribution in [0.4, 0.5) is 0 Å². The molecule has 0 spiro atoms. The Balaban J connectivity index is 1.76. The van der Waals surface area contributed by atoms with Crippen LogP contribution in [0.1, 0.15) is 58.3 Å². The van der Waals surface area contributed by atoms with E-state index in [1.54, 1.807) is 6.08 Å². The number of ether oxygens (including phenoxy) is 1. The summed E-state index contributed by atoms with van der Waals surface area (Å²) in [6.45, 7) is 2.20. The summed E-state index contributed by atoms with van der Waals surface area (Å²) in [4.78, 5) is 22.5. The lowest BCUT2D eigenvalue weighted by molar-refractivity contribution is -0.137. The SMILES string of the molecule is CCCCC/C=C\CC1C=CC(=O)/C1=C/[C@H]1O[C@@H]1CCCC(=O)O. The van der Waals surface area contributed by atoms with E-state index in [4.69, 9.17) is 9.84 Å². The molecular weight excluding hydrogens is 304 g/mol. The number of carbonyl (C=O) groups excluding carboxylic acids is 1. The molecule has 0 radical (unpaired) electrons. The van der Waals surface area contributed by atoms with Crippen molar-refractivity contribution in [2.45, 2.75) is 70.5 Å². The molecule has 24 heavy (non-hydrogen) atoms. The summed E-state index contributed by atoms with van der Waals surface area (Å²) >= 11 is 0. The van der Waals surface area contributed by atoms with E-state index in [9.17, 15) is 9.59 Å². The van der Waals surface area contributed by atoms with Crippen LogP contribution in [0.25, 0.3) is 0 Å². The van der Waals surface area contributed by atoms with Gasteiger partial charge in [-0.15, -0.1) is 0 Å². The van der Waals surface area contributed by atoms with Gasteiger partial charge in [0.15, 0.2) is 5.78 Å². The largest absolute Gasteiger partial charge is 0.481 e. The van der Waals surface area contributed by atoms with Gasteiger partial charge in [-0.3, -0.25) is 9.59 Å². The third-order valence-corrected chi connectivity index (χ3v) is 4.54. The number of hydrogen-bond acceptors (Lipinski definition) is 3. The van der Waals surface area contributed by atoms with Gasteiger partial charge in [-0.05, 0) is 44.3 Å². The zero-order valence-corrected chi connectivity index (χ0v) is 14.4. The third-order valence-electron chi connectivity index (χ3n) is 4.54. The Bertz CT molecular complexity index is 530. The molecule has 1 aliphatic heterocycles. The van der Waals surface area contributed by atoms with Gasteiger partial charge >= 0.3 is 5.97 Å². The van der Waals surface area contributed by atoms with Crippen molar-refractivity contribution in [3.8, 4) is 0 Å². The number of rotatable bonds is 11. The summed E-state index contributed by atoms with van der Waals surface area (Å²) in [5.41, 5.74) is 0.832. The average Bonchev–Trinajstić information content (AvgIpc) is 3.19. The van der Waals surface area contributed by atoms with Crippen LogP contribution in [-0.4, -0.2) is 29.1 Å². The van der Waals surface area contributed by atoms with Crippen LogP contribution in [0.15, 0.2) is 36.0 Å². The van der Waals surface area contributed by atoms with Crippen LogP contribution in [0.3, 0.4) is 0 Å². The molecule has 3 atom stereocenters. The van der Waals surface area contributed by atoms with E-state index in [2.05, 4.69) is 19.1 Å². The van der Waals surface area contributed by atoms with Gasteiger partial charge in [0.25, 0.3) is 0 Å². The molecule has 0 saturated carbocycles. The van der Waals surface area contributed by atoms with Crippen molar-refractivity contribution in [3.05, 3.63) is 36.0 Å². The van der Waals surface area contributed by atoms with Crippen molar-refractivity contribution in [2.24, 2.45) is 5.92 Å². The molecule has 0 bridgehead atoms. The molecule has 132 valence electrons. The molecule has 4 heteroatoms. The van der Waals surface area contributed by atoms with Crippen LogP contribution in [0.2, 0.25) is 0 Å². The molecule has 4 nitrogen and oxygen atoms in total. The lowest BCUT2D eigenvalue weighted by atomic mass is 9.96. The van der Waals surface area contributed by atoms with E-state index in [0.29, 0.717) is 6.42 Å². The number of carboxylic acids is 1. The molecule has 2 rings (SSSR count).